The zero-order valence-corrected chi connectivity index (χ0v) is 14.8. The van der Waals surface area contributed by atoms with Crippen LogP contribution in [-0.2, 0) is 0 Å². The molecular formula is C21H16N6O. The Bertz CT molecular complexity index is 965. The van der Waals surface area contributed by atoms with Crippen molar-refractivity contribution in [3.63, 3.8) is 0 Å². The predicted molar refractivity (Wildman–Crippen MR) is 108 cm³/mol. The first kappa shape index (κ1) is 17.3. The number of anilines is 2. The molecule has 0 aromatic carbocycles. The van der Waals surface area contributed by atoms with Crippen LogP contribution in [0.15, 0.2) is 85.5 Å². The summed E-state index contributed by atoms with van der Waals surface area (Å²) in [5, 5.41) is 5.48. The van der Waals surface area contributed by atoms with E-state index >= 15 is 0 Å². The van der Waals surface area contributed by atoms with E-state index in [0.717, 1.165) is 22.8 Å². The van der Waals surface area contributed by atoms with Crippen LogP contribution in [-0.4, -0.2) is 26.0 Å². The molecule has 28 heavy (non-hydrogen) atoms. The number of carbonyl (C=O) groups is 1. The van der Waals surface area contributed by atoms with Crippen LogP contribution in [0.25, 0.3) is 22.8 Å². The first-order chi connectivity index (χ1) is 13.8. The van der Waals surface area contributed by atoms with Crippen molar-refractivity contribution in [3.8, 4) is 22.8 Å². The molecule has 2 amide bonds. The van der Waals surface area contributed by atoms with Crippen LogP contribution in [0.4, 0.5) is 16.2 Å². The first-order valence-electron chi connectivity index (χ1n) is 8.61. The minimum absolute atomic E-state index is 0.375. The molecular weight excluding hydrogens is 352 g/mol. The highest BCUT2D eigenvalue weighted by Crippen LogP contribution is 2.17. The molecule has 136 valence electrons. The topological polar surface area (TPSA) is 92.7 Å². The average molecular weight is 368 g/mol. The van der Waals surface area contributed by atoms with Crippen LogP contribution < -0.4 is 10.6 Å². The van der Waals surface area contributed by atoms with Gasteiger partial charge in [-0.1, -0.05) is 12.1 Å². The average Bonchev–Trinajstić information content (AvgIpc) is 2.76. The highest BCUT2D eigenvalue weighted by atomic mass is 16.2. The van der Waals surface area contributed by atoms with E-state index in [1.807, 2.05) is 36.4 Å². The van der Waals surface area contributed by atoms with Crippen molar-refractivity contribution in [1.29, 1.82) is 0 Å². The molecule has 4 aromatic rings. The maximum Gasteiger partial charge on any atom is 0.323 e. The lowest BCUT2D eigenvalue weighted by Crippen LogP contribution is -2.19. The molecule has 0 radical (unpaired) electrons. The Kier molecular flexibility index (Phi) is 4.97. The van der Waals surface area contributed by atoms with Gasteiger partial charge in [-0.2, -0.15) is 0 Å². The Hall–Kier alpha value is -4.13. The van der Waals surface area contributed by atoms with E-state index in [1.54, 1.807) is 49.1 Å². The summed E-state index contributed by atoms with van der Waals surface area (Å²) < 4.78 is 0. The van der Waals surface area contributed by atoms with Crippen LogP contribution in [0, 0.1) is 0 Å². The van der Waals surface area contributed by atoms with E-state index in [4.69, 9.17) is 0 Å². The van der Waals surface area contributed by atoms with E-state index < -0.39 is 0 Å². The first-order valence-corrected chi connectivity index (χ1v) is 8.61. The molecule has 0 aliphatic rings. The third kappa shape index (κ3) is 4.16. The molecule has 4 aromatic heterocycles. The molecule has 0 fully saturated rings. The second-order valence-electron chi connectivity index (χ2n) is 5.87. The molecule has 0 atom stereocenters. The number of nitrogens with zero attached hydrogens (tertiary/aromatic N) is 4. The second-order valence-corrected chi connectivity index (χ2v) is 5.87. The lowest BCUT2D eigenvalue weighted by molar-refractivity contribution is 0.262. The highest BCUT2D eigenvalue weighted by Gasteiger charge is 2.06. The number of aromatic nitrogens is 4. The highest BCUT2D eigenvalue weighted by molar-refractivity contribution is 5.99. The maximum atomic E-state index is 12.2. The summed E-state index contributed by atoms with van der Waals surface area (Å²) in [7, 11) is 0. The standard InChI is InChI=1S/C21H16N6O/c28-21(26-15-7-9-19(24-13-15)17-5-1-3-11-22-17)27-16-8-10-20(25-14-16)18-6-2-4-12-23-18/h1-14H,(H2,26,27,28). The van der Waals surface area contributed by atoms with Crippen molar-refractivity contribution >= 4 is 17.4 Å². The lowest BCUT2D eigenvalue weighted by atomic mass is 10.2. The molecule has 0 aliphatic heterocycles. The van der Waals surface area contributed by atoms with Gasteiger partial charge >= 0.3 is 6.03 Å². The Morgan fingerprint density at radius 2 is 1.04 bits per heavy atom. The van der Waals surface area contributed by atoms with Crippen molar-refractivity contribution in [3.05, 3.63) is 85.5 Å². The zero-order chi connectivity index (χ0) is 19.2. The van der Waals surface area contributed by atoms with Crippen molar-refractivity contribution < 1.29 is 4.79 Å². The van der Waals surface area contributed by atoms with E-state index in [2.05, 4.69) is 30.6 Å². The van der Waals surface area contributed by atoms with Crippen LogP contribution in [0.2, 0.25) is 0 Å². The van der Waals surface area contributed by atoms with Gasteiger partial charge in [-0.15, -0.1) is 0 Å². The molecule has 0 aliphatic carbocycles. The van der Waals surface area contributed by atoms with Gasteiger partial charge < -0.3 is 10.6 Å². The normalized spacial score (nSPS) is 10.3. The number of urea groups is 1. The molecule has 0 saturated heterocycles. The lowest BCUT2D eigenvalue weighted by Gasteiger charge is -2.08. The summed E-state index contributed by atoms with van der Waals surface area (Å²) in [6.45, 7) is 0. The molecule has 2 N–H and O–H groups in total. The third-order valence-electron chi connectivity index (χ3n) is 3.90. The third-order valence-corrected chi connectivity index (χ3v) is 3.90. The largest absolute Gasteiger partial charge is 0.323 e. The minimum atomic E-state index is -0.375. The van der Waals surface area contributed by atoms with Crippen molar-refractivity contribution in [1.82, 2.24) is 19.9 Å². The summed E-state index contributed by atoms with van der Waals surface area (Å²) in [6.07, 6.45) is 6.60. The van der Waals surface area contributed by atoms with Gasteiger partial charge in [0.25, 0.3) is 0 Å². The van der Waals surface area contributed by atoms with Crippen molar-refractivity contribution in [2.75, 3.05) is 10.6 Å². The number of nitrogens with one attached hydrogen (secondary N) is 2. The predicted octanol–water partition coefficient (Wildman–Crippen LogP) is 4.24. The molecule has 0 unspecified atom stereocenters. The molecule has 0 spiro atoms. The zero-order valence-electron chi connectivity index (χ0n) is 14.8. The van der Waals surface area contributed by atoms with Gasteiger partial charge in [0.2, 0.25) is 0 Å². The molecule has 7 heteroatoms. The summed E-state index contributed by atoms with van der Waals surface area (Å²) >= 11 is 0. The summed E-state index contributed by atoms with van der Waals surface area (Å²) in [5.41, 5.74) is 4.18. The summed E-state index contributed by atoms with van der Waals surface area (Å²) in [6, 6.07) is 18.0. The summed E-state index contributed by atoms with van der Waals surface area (Å²) in [5.74, 6) is 0. The number of carbonyl (C=O) groups excluding carboxylic acids is 1. The fraction of sp³-hybridized carbons (Fsp3) is 0. The van der Waals surface area contributed by atoms with Crippen LogP contribution in [0.3, 0.4) is 0 Å². The van der Waals surface area contributed by atoms with Gasteiger partial charge in [0.1, 0.15) is 0 Å². The fourth-order valence-corrected chi connectivity index (χ4v) is 2.56. The van der Waals surface area contributed by atoms with Crippen LogP contribution in [0.1, 0.15) is 0 Å². The molecule has 0 saturated carbocycles. The van der Waals surface area contributed by atoms with Crippen LogP contribution in [0.5, 0.6) is 0 Å². The number of hydrogen-bond donors (Lipinski definition) is 2. The second kappa shape index (κ2) is 8.05. The Morgan fingerprint density at radius 1 is 0.571 bits per heavy atom. The van der Waals surface area contributed by atoms with E-state index in [-0.39, 0.29) is 6.03 Å². The molecule has 4 heterocycles. The van der Waals surface area contributed by atoms with Gasteiger partial charge in [-0.3, -0.25) is 19.9 Å². The summed E-state index contributed by atoms with van der Waals surface area (Å²) in [4.78, 5) is 29.4. The van der Waals surface area contributed by atoms with Crippen molar-refractivity contribution in [2.45, 2.75) is 0 Å². The SMILES string of the molecule is O=C(Nc1ccc(-c2ccccn2)nc1)Nc1ccc(-c2ccccn2)nc1. The Labute approximate surface area is 161 Å². The van der Waals surface area contributed by atoms with Crippen LogP contribution >= 0.6 is 0 Å². The number of pyridine rings is 4. The monoisotopic (exact) mass is 368 g/mol. The van der Waals surface area contributed by atoms with Gasteiger partial charge in [-0.25, -0.2) is 4.79 Å². The Balaban J connectivity index is 1.38. The number of rotatable bonds is 4. The quantitative estimate of drug-likeness (QED) is 0.562. The number of amides is 2. The van der Waals surface area contributed by atoms with Gasteiger partial charge in [0.15, 0.2) is 0 Å². The van der Waals surface area contributed by atoms with E-state index in [1.165, 1.54) is 0 Å². The maximum absolute atomic E-state index is 12.2. The Morgan fingerprint density at radius 3 is 1.39 bits per heavy atom. The van der Waals surface area contributed by atoms with Gasteiger partial charge in [0.05, 0.1) is 46.5 Å². The van der Waals surface area contributed by atoms with Gasteiger partial charge in [-0.05, 0) is 48.5 Å². The van der Waals surface area contributed by atoms with Crippen molar-refractivity contribution in [2.24, 2.45) is 0 Å². The number of hydrogen-bond acceptors (Lipinski definition) is 5. The smallest absolute Gasteiger partial charge is 0.306 e. The van der Waals surface area contributed by atoms with E-state index in [0.29, 0.717) is 11.4 Å². The molecule has 0 bridgehead atoms. The van der Waals surface area contributed by atoms with E-state index in [9.17, 15) is 4.79 Å². The van der Waals surface area contributed by atoms with Gasteiger partial charge in [0, 0.05) is 12.4 Å². The minimum Gasteiger partial charge on any atom is -0.306 e. The fourth-order valence-electron chi connectivity index (χ4n) is 2.56. The molecule has 4 rings (SSSR count). The molecule has 7 nitrogen and oxygen atoms in total.